The lowest BCUT2D eigenvalue weighted by Gasteiger charge is -2.19. The second kappa shape index (κ2) is 5.79. The maximum Gasteiger partial charge on any atom is 0.226 e. The van der Waals surface area contributed by atoms with Crippen molar-refractivity contribution in [2.75, 3.05) is 25.1 Å². The minimum absolute atomic E-state index is 0.126. The van der Waals surface area contributed by atoms with E-state index in [1.54, 1.807) is 0 Å². The fourth-order valence-corrected chi connectivity index (χ4v) is 4.01. The molecule has 1 aliphatic rings. The molecule has 0 spiro atoms. The summed E-state index contributed by atoms with van der Waals surface area (Å²) in [5.74, 6) is 1.93. The molecule has 2 rings (SSSR count). The smallest absolute Gasteiger partial charge is 0.226 e. The van der Waals surface area contributed by atoms with Gasteiger partial charge in [0.25, 0.3) is 0 Å². The van der Waals surface area contributed by atoms with Crippen molar-refractivity contribution in [1.29, 1.82) is 0 Å². The fourth-order valence-electron chi connectivity index (χ4n) is 2.24. The van der Waals surface area contributed by atoms with Gasteiger partial charge in [0, 0.05) is 19.4 Å². The van der Waals surface area contributed by atoms with Crippen LogP contribution >= 0.6 is 0 Å². The van der Waals surface area contributed by atoms with Crippen molar-refractivity contribution >= 4 is 9.84 Å². The normalized spacial score (nSPS) is 23.1. The molecule has 0 saturated carbocycles. The second-order valence-corrected chi connectivity index (χ2v) is 7.01. The van der Waals surface area contributed by atoms with Crippen LogP contribution in [0.25, 0.3) is 0 Å². The van der Waals surface area contributed by atoms with E-state index in [0.29, 0.717) is 23.9 Å². The molecule has 1 aliphatic heterocycles. The van der Waals surface area contributed by atoms with Crippen molar-refractivity contribution in [1.82, 2.24) is 15.5 Å². The average Bonchev–Trinajstić information content (AvgIpc) is 2.73. The molecular formula is C11H19N3O3S. The number of sulfone groups is 1. The third kappa shape index (κ3) is 3.78. The number of nitrogens with one attached hydrogen (secondary N) is 1. The maximum atomic E-state index is 11.5. The summed E-state index contributed by atoms with van der Waals surface area (Å²) in [7, 11) is -0.990. The van der Waals surface area contributed by atoms with Crippen molar-refractivity contribution in [2.24, 2.45) is 5.92 Å². The number of likely N-dealkylation sites (N-methyl/N-ethyl adjacent to an activating group) is 1. The van der Waals surface area contributed by atoms with Crippen LogP contribution in [-0.2, 0) is 22.7 Å². The van der Waals surface area contributed by atoms with E-state index in [4.69, 9.17) is 4.52 Å². The van der Waals surface area contributed by atoms with Gasteiger partial charge in [-0.2, -0.15) is 4.98 Å². The van der Waals surface area contributed by atoms with E-state index in [0.717, 1.165) is 25.8 Å². The predicted molar refractivity (Wildman–Crippen MR) is 67.0 cm³/mol. The SMILES string of the molecule is CNCCc1noc(CC2CCCS(=O)(=O)C2)n1. The number of hydrogen-bond acceptors (Lipinski definition) is 6. The highest BCUT2D eigenvalue weighted by molar-refractivity contribution is 7.91. The van der Waals surface area contributed by atoms with E-state index < -0.39 is 9.84 Å². The molecule has 0 aliphatic carbocycles. The monoisotopic (exact) mass is 273 g/mol. The van der Waals surface area contributed by atoms with E-state index in [-0.39, 0.29) is 11.7 Å². The summed E-state index contributed by atoms with van der Waals surface area (Å²) < 4.78 is 28.2. The zero-order valence-corrected chi connectivity index (χ0v) is 11.4. The quantitative estimate of drug-likeness (QED) is 0.825. The fraction of sp³-hybridized carbons (Fsp3) is 0.818. The lowest BCUT2D eigenvalue weighted by atomic mass is 10.0. The molecule has 1 N–H and O–H groups in total. The third-order valence-electron chi connectivity index (χ3n) is 3.13. The molecule has 0 aromatic carbocycles. The summed E-state index contributed by atoms with van der Waals surface area (Å²) >= 11 is 0. The Balaban J connectivity index is 1.91. The topological polar surface area (TPSA) is 85.1 Å². The lowest BCUT2D eigenvalue weighted by molar-refractivity contribution is 0.346. The van der Waals surface area contributed by atoms with Gasteiger partial charge < -0.3 is 9.84 Å². The van der Waals surface area contributed by atoms with Gasteiger partial charge in [0.05, 0.1) is 11.5 Å². The van der Waals surface area contributed by atoms with Crippen LogP contribution in [0.5, 0.6) is 0 Å². The van der Waals surface area contributed by atoms with E-state index >= 15 is 0 Å². The molecule has 0 bridgehead atoms. The summed E-state index contributed by atoms with van der Waals surface area (Å²) in [6.07, 6.45) is 2.97. The van der Waals surface area contributed by atoms with Crippen LogP contribution in [0.4, 0.5) is 0 Å². The van der Waals surface area contributed by atoms with E-state index in [1.807, 2.05) is 7.05 Å². The first kappa shape index (κ1) is 13.5. The Morgan fingerprint density at radius 2 is 2.33 bits per heavy atom. The van der Waals surface area contributed by atoms with Gasteiger partial charge in [0.15, 0.2) is 15.7 Å². The second-order valence-electron chi connectivity index (χ2n) is 4.78. The minimum Gasteiger partial charge on any atom is -0.339 e. The molecule has 0 radical (unpaired) electrons. The van der Waals surface area contributed by atoms with Gasteiger partial charge >= 0.3 is 0 Å². The molecule has 0 amide bonds. The van der Waals surface area contributed by atoms with Crippen LogP contribution in [0, 0.1) is 5.92 Å². The average molecular weight is 273 g/mol. The Bertz CT molecular complexity index is 483. The zero-order chi connectivity index (χ0) is 13.0. The van der Waals surface area contributed by atoms with Crippen molar-refractivity contribution < 1.29 is 12.9 Å². The zero-order valence-electron chi connectivity index (χ0n) is 10.6. The highest BCUT2D eigenvalue weighted by Gasteiger charge is 2.26. The summed E-state index contributed by atoms with van der Waals surface area (Å²) in [6, 6.07) is 0. The third-order valence-corrected chi connectivity index (χ3v) is 5.02. The Kier molecular flexibility index (Phi) is 4.34. The molecule has 1 aromatic heterocycles. The number of hydrogen-bond donors (Lipinski definition) is 1. The Morgan fingerprint density at radius 1 is 1.50 bits per heavy atom. The van der Waals surface area contributed by atoms with Gasteiger partial charge in [0.1, 0.15) is 0 Å². The molecule has 1 aromatic rings. The first-order valence-corrected chi connectivity index (χ1v) is 8.07. The first-order valence-electron chi connectivity index (χ1n) is 6.25. The molecule has 1 atom stereocenters. The van der Waals surface area contributed by atoms with Crippen LogP contribution in [0.3, 0.4) is 0 Å². The minimum atomic E-state index is -2.86. The highest BCUT2D eigenvalue weighted by Crippen LogP contribution is 2.21. The van der Waals surface area contributed by atoms with Gasteiger partial charge in [-0.05, 0) is 25.8 Å². The Hall–Kier alpha value is -0.950. The summed E-state index contributed by atoms with van der Waals surface area (Å²) in [5.41, 5.74) is 0. The first-order chi connectivity index (χ1) is 8.59. The lowest BCUT2D eigenvalue weighted by Crippen LogP contribution is -2.26. The number of nitrogens with zero attached hydrogens (tertiary/aromatic N) is 2. The highest BCUT2D eigenvalue weighted by atomic mass is 32.2. The van der Waals surface area contributed by atoms with Gasteiger partial charge in [-0.15, -0.1) is 0 Å². The van der Waals surface area contributed by atoms with Crippen molar-refractivity contribution in [3.05, 3.63) is 11.7 Å². The number of aromatic nitrogens is 2. The van der Waals surface area contributed by atoms with Gasteiger partial charge in [-0.3, -0.25) is 0 Å². The van der Waals surface area contributed by atoms with Crippen molar-refractivity contribution in [3.8, 4) is 0 Å². The molecule has 2 heterocycles. The molecule has 6 nitrogen and oxygen atoms in total. The summed E-state index contributed by atoms with van der Waals surface area (Å²) in [6.45, 7) is 0.802. The van der Waals surface area contributed by atoms with Crippen LogP contribution in [0.15, 0.2) is 4.52 Å². The Labute approximate surface area is 107 Å². The molecule has 1 unspecified atom stereocenters. The molecule has 102 valence electrons. The molecule has 1 fully saturated rings. The van der Waals surface area contributed by atoms with Gasteiger partial charge in [-0.1, -0.05) is 5.16 Å². The molecule has 18 heavy (non-hydrogen) atoms. The predicted octanol–water partition coefficient (Wildman–Crippen LogP) is 0.199. The van der Waals surface area contributed by atoms with Crippen LogP contribution in [0.2, 0.25) is 0 Å². The van der Waals surface area contributed by atoms with Crippen LogP contribution in [-0.4, -0.2) is 43.7 Å². The molecule has 1 saturated heterocycles. The van der Waals surface area contributed by atoms with Crippen LogP contribution in [0.1, 0.15) is 24.6 Å². The van der Waals surface area contributed by atoms with Gasteiger partial charge in [0.2, 0.25) is 5.89 Å². The van der Waals surface area contributed by atoms with E-state index in [9.17, 15) is 8.42 Å². The standard InChI is InChI=1S/C11H19N3O3S/c1-12-5-4-10-13-11(17-14-10)7-9-3-2-6-18(15,16)8-9/h9,12H,2-8H2,1H3. The van der Waals surface area contributed by atoms with Crippen molar-refractivity contribution in [3.63, 3.8) is 0 Å². The largest absolute Gasteiger partial charge is 0.339 e. The summed E-state index contributed by atoms with van der Waals surface area (Å²) in [5, 5.41) is 6.90. The van der Waals surface area contributed by atoms with Gasteiger partial charge in [-0.25, -0.2) is 8.42 Å². The van der Waals surface area contributed by atoms with E-state index in [2.05, 4.69) is 15.5 Å². The van der Waals surface area contributed by atoms with E-state index in [1.165, 1.54) is 0 Å². The number of rotatable bonds is 5. The molecule has 7 heteroatoms. The Morgan fingerprint density at radius 3 is 3.06 bits per heavy atom. The maximum absolute atomic E-state index is 11.5. The van der Waals surface area contributed by atoms with Crippen LogP contribution < -0.4 is 5.32 Å². The van der Waals surface area contributed by atoms with Crippen molar-refractivity contribution in [2.45, 2.75) is 25.7 Å². The summed E-state index contributed by atoms with van der Waals surface area (Å²) in [4.78, 5) is 4.28. The molecular weight excluding hydrogens is 254 g/mol.